The van der Waals surface area contributed by atoms with Crippen LogP contribution in [0.15, 0.2) is 46.2 Å². The van der Waals surface area contributed by atoms with E-state index in [9.17, 15) is 4.79 Å². The molecule has 3 rings (SSSR count). The van der Waals surface area contributed by atoms with E-state index in [1.165, 1.54) is 11.8 Å². The van der Waals surface area contributed by atoms with Gasteiger partial charge in [-0.25, -0.2) is 0 Å². The average Bonchev–Trinajstić information content (AvgIpc) is 3.04. The summed E-state index contributed by atoms with van der Waals surface area (Å²) in [6, 6.07) is 9.57. The van der Waals surface area contributed by atoms with Crippen LogP contribution in [-0.2, 0) is 11.4 Å². The molecular formula is C18H20N4O3S. The minimum Gasteiger partial charge on any atom is -0.482 e. The third-order valence-electron chi connectivity index (χ3n) is 3.24. The van der Waals surface area contributed by atoms with Crippen LogP contribution in [0, 0.1) is 0 Å². The van der Waals surface area contributed by atoms with Crippen molar-refractivity contribution in [3.05, 3.63) is 42.4 Å². The minimum atomic E-state index is -0.266. The molecule has 0 saturated heterocycles. The van der Waals surface area contributed by atoms with Crippen molar-refractivity contribution < 1.29 is 13.9 Å². The Morgan fingerprint density at radius 3 is 2.85 bits per heavy atom. The Labute approximate surface area is 155 Å². The first kappa shape index (κ1) is 18.2. The first-order chi connectivity index (χ1) is 12.4. The number of carbonyl (C=O) groups is 1. The Hall–Kier alpha value is -2.61. The van der Waals surface area contributed by atoms with Crippen molar-refractivity contribution >= 4 is 28.6 Å². The highest BCUT2D eigenvalue weighted by molar-refractivity contribution is 7.99. The number of rotatable bonds is 6. The second kappa shape index (κ2) is 7.74. The lowest BCUT2D eigenvalue weighted by Gasteiger charge is -2.19. The summed E-state index contributed by atoms with van der Waals surface area (Å²) in [6.45, 7) is 5.93. The van der Waals surface area contributed by atoms with Gasteiger partial charge in [-0.1, -0.05) is 30.0 Å². The predicted molar refractivity (Wildman–Crippen MR) is 99.0 cm³/mol. The molecule has 2 aromatic heterocycles. The Balaban J connectivity index is 1.56. The van der Waals surface area contributed by atoms with Crippen LogP contribution in [0.1, 0.15) is 26.7 Å². The lowest BCUT2D eigenvalue weighted by atomic mass is 10.1. The van der Waals surface area contributed by atoms with Gasteiger partial charge in [-0.05, 0) is 32.9 Å². The van der Waals surface area contributed by atoms with E-state index in [2.05, 4.69) is 20.5 Å². The zero-order chi connectivity index (χ0) is 18.6. The van der Waals surface area contributed by atoms with E-state index in [1.54, 1.807) is 6.20 Å². The Bertz CT molecular complexity index is 899. The molecule has 26 heavy (non-hydrogen) atoms. The smallest absolute Gasteiger partial charge is 0.277 e. The van der Waals surface area contributed by atoms with Crippen molar-refractivity contribution in [2.45, 2.75) is 38.1 Å². The Morgan fingerprint density at radius 2 is 2.04 bits per heavy atom. The van der Waals surface area contributed by atoms with Crippen molar-refractivity contribution in [1.29, 1.82) is 0 Å². The highest BCUT2D eigenvalue weighted by Gasteiger charge is 2.15. The third-order valence-corrected chi connectivity index (χ3v) is 4.05. The van der Waals surface area contributed by atoms with Gasteiger partial charge < -0.3 is 14.5 Å². The summed E-state index contributed by atoms with van der Waals surface area (Å²) in [4.78, 5) is 16.2. The van der Waals surface area contributed by atoms with Gasteiger partial charge in [0.05, 0.1) is 5.75 Å². The van der Waals surface area contributed by atoms with Gasteiger partial charge in [0.2, 0.25) is 5.91 Å². The number of nitrogens with zero attached hydrogens (tertiary/aromatic N) is 3. The maximum atomic E-state index is 11.8. The molecule has 0 unspecified atom stereocenters. The fraction of sp³-hybridized carbons (Fsp3) is 0.333. The molecule has 0 spiro atoms. The third kappa shape index (κ3) is 4.95. The standard InChI is InChI=1S/C18H20N4O3S/c1-18(2,3)20-14(23)11-26-17-22-21-15(25-17)10-24-13-8-4-6-12-7-5-9-19-16(12)13/h4-9H,10-11H2,1-3H3,(H,20,23). The monoisotopic (exact) mass is 372 g/mol. The second-order valence-corrected chi connectivity index (χ2v) is 7.60. The number of thioether (sulfide) groups is 1. The van der Waals surface area contributed by atoms with Gasteiger partial charge in [-0.15, -0.1) is 10.2 Å². The van der Waals surface area contributed by atoms with E-state index in [0.29, 0.717) is 16.9 Å². The van der Waals surface area contributed by atoms with E-state index in [0.717, 1.165) is 10.9 Å². The van der Waals surface area contributed by atoms with Crippen LogP contribution in [0.3, 0.4) is 0 Å². The SMILES string of the molecule is CC(C)(C)NC(=O)CSc1nnc(COc2cccc3cccnc23)o1. The number of pyridine rings is 1. The van der Waals surface area contributed by atoms with Crippen molar-refractivity contribution in [2.24, 2.45) is 0 Å². The number of hydrogen-bond donors (Lipinski definition) is 1. The lowest BCUT2D eigenvalue weighted by molar-refractivity contribution is -0.119. The van der Waals surface area contributed by atoms with Crippen molar-refractivity contribution in [3.63, 3.8) is 0 Å². The molecule has 1 amide bonds. The van der Waals surface area contributed by atoms with E-state index < -0.39 is 0 Å². The van der Waals surface area contributed by atoms with E-state index in [1.807, 2.05) is 51.1 Å². The molecule has 2 heterocycles. The van der Waals surface area contributed by atoms with E-state index in [-0.39, 0.29) is 23.8 Å². The molecule has 3 aromatic rings. The predicted octanol–water partition coefficient (Wildman–Crippen LogP) is 3.20. The molecule has 0 saturated carbocycles. The molecule has 0 bridgehead atoms. The number of fused-ring (bicyclic) bond motifs is 1. The molecule has 0 fully saturated rings. The summed E-state index contributed by atoms with van der Waals surface area (Å²) in [5, 5.41) is 12.1. The van der Waals surface area contributed by atoms with Crippen LogP contribution >= 0.6 is 11.8 Å². The number of amides is 1. The number of benzene rings is 1. The molecule has 0 atom stereocenters. The zero-order valence-electron chi connectivity index (χ0n) is 14.9. The fourth-order valence-corrected chi connectivity index (χ4v) is 2.85. The van der Waals surface area contributed by atoms with Gasteiger partial charge >= 0.3 is 0 Å². The highest BCUT2D eigenvalue weighted by atomic mass is 32.2. The van der Waals surface area contributed by atoms with Gasteiger partial charge in [0, 0.05) is 17.1 Å². The zero-order valence-corrected chi connectivity index (χ0v) is 15.7. The highest BCUT2D eigenvalue weighted by Crippen LogP contribution is 2.24. The maximum Gasteiger partial charge on any atom is 0.277 e. The largest absolute Gasteiger partial charge is 0.482 e. The van der Waals surface area contributed by atoms with E-state index >= 15 is 0 Å². The van der Waals surface area contributed by atoms with Crippen LogP contribution in [0.2, 0.25) is 0 Å². The molecule has 7 nitrogen and oxygen atoms in total. The summed E-state index contributed by atoms with van der Waals surface area (Å²) in [5.41, 5.74) is 0.515. The van der Waals surface area contributed by atoms with Crippen LogP contribution < -0.4 is 10.1 Å². The number of carbonyl (C=O) groups excluding carboxylic acids is 1. The van der Waals surface area contributed by atoms with Gasteiger partial charge in [-0.3, -0.25) is 9.78 Å². The maximum absolute atomic E-state index is 11.8. The van der Waals surface area contributed by atoms with Crippen LogP contribution in [0.25, 0.3) is 10.9 Å². The first-order valence-electron chi connectivity index (χ1n) is 8.13. The molecule has 8 heteroatoms. The molecule has 1 N–H and O–H groups in total. The van der Waals surface area contributed by atoms with Gasteiger partial charge in [0.25, 0.3) is 11.1 Å². The molecule has 0 aliphatic heterocycles. The molecule has 0 radical (unpaired) electrons. The molecule has 136 valence electrons. The number of nitrogens with one attached hydrogen (secondary N) is 1. The van der Waals surface area contributed by atoms with Crippen LogP contribution in [0.4, 0.5) is 0 Å². The van der Waals surface area contributed by atoms with E-state index in [4.69, 9.17) is 9.15 Å². The quantitative estimate of drug-likeness (QED) is 0.665. The number of hydrogen-bond acceptors (Lipinski definition) is 7. The van der Waals surface area contributed by atoms with Crippen molar-refractivity contribution in [1.82, 2.24) is 20.5 Å². The normalized spacial score (nSPS) is 11.5. The van der Waals surface area contributed by atoms with Crippen molar-refractivity contribution in [3.8, 4) is 5.75 Å². The number of ether oxygens (including phenoxy) is 1. The number of para-hydroxylation sites is 1. The summed E-state index contributed by atoms with van der Waals surface area (Å²) in [6.07, 6.45) is 1.72. The average molecular weight is 372 g/mol. The van der Waals surface area contributed by atoms with Gasteiger partial charge in [0.1, 0.15) is 11.3 Å². The molecule has 1 aromatic carbocycles. The summed E-state index contributed by atoms with van der Waals surface area (Å²) in [5.74, 6) is 1.13. The first-order valence-corrected chi connectivity index (χ1v) is 9.12. The lowest BCUT2D eigenvalue weighted by Crippen LogP contribution is -2.41. The topological polar surface area (TPSA) is 90.1 Å². The van der Waals surface area contributed by atoms with Crippen LogP contribution in [0.5, 0.6) is 5.75 Å². The van der Waals surface area contributed by atoms with Crippen molar-refractivity contribution in [2.75, 3.05) is 5.75 Å². The fourth-order valence-electron chi connectivity index (χ4n) is 2.27. The van der Waals surface area contributed by atoms with Gasteiger partial charge in [-0.2, -0.15) is 0 Å². The summed E-state index contributed by atoms with van der Waals surface area (Å²) < 4.78 is 11.3. The summed E-state index contributed by atoms with van der Waals surface area (Å²) >= 11 is 1.19. The Kier molecular flexibility index (Phi) is 5.41. The molecular weight excluding hydrogens is 352 g/mol. The van der Waals surface area contributed by atoms with Crippen LogP contribution in [-0.4, -0.2) is 32.4 Å². The Morgan fingerprint density at radius 1 is 1.23 bits per heavy atom. The van der Waals surface area contributed by atoms with Gasteiger partial charge in [0.15, 0.2) is 6.61 Å². The number of aromatic nitrogens is 3. The second-order valence-electron chi connectivity index (χ2n) is 6.67. The molecule has 0 aliphatic rings. The summed E-state index contributed by atoms with van der Waals surface area (Å²) in [7, 11) is 0. The minimum absolute atomic E-state index is 0.0830. The molecule has 0 aliphatic carbocycles.